The van der Waals surface area contributed by atoms with Gasteiger partial charge in [0.15, 0.2) is 0 Å². The van der Waals surface area contributed by atoms with Crippen LogP contribution < -0.4 is 19.3 Å². The van der Waals surface area contributed by atoms with Crippen LogP contribution in [0.4, 0.5) is 11.4 Å². The van der Waals surface area contributed by atoms with Crippen molar-refractivity contribution < 1.29 is 9.47 Å². The number of hydrogen-bond donors (Lipinski definition) is 0. The van der Waals surface area contributed by atoms with E-state index < -0.39 is 0 Å². The van der Waals surface area contributed by atoms with Gasteiger partial charge in [-0.2, -0.15) is 0 Å². The highest BCUT2D eigenvalue weighted by Crippen LogP contribution is 2.53. The van der Waals surface area contributed by atoms with Crippen LogP contribution in [0.2, 0.25) is 0 Å². The van der Waals surface area contributed by atoms with Crippen molar-refractivity contribution in [3.63, 3.8) is 0 Å². The fraction of sp³-hybridized carbons (Fsp3) is 0.259. The van der Waals surface area contributed by atoms with Gasteiger partial charge in [-0.1, -0.05) is 235 Å². The lowest BCUT2D eigenvalue weighted by Crippen LogP contribution is -2.25. The third kappa shape index (κ3) is 13.3. The number of hydrogen-bond acceptors (Lipinski definition) is 4. The molecule has 1 aliphatic heterocycles. The molecule has 4 heteroatoms. The Labute approximate surface area is 532 Å². The molecule has 2 radical (unpaired) electrons. The minimum atomic E-state index is -0.219. The largest absolute Gasteiger partial charge is 0.497 e. The topological polar surface area (TPSA) is 24.9 Å². The summed E-state index contributed by atoms with van der Waals surface area (Å²) in [5, 5.41) is 0. The summed E-state index contributed by atoms with van der Waals surface area (Å²) in [7, 11) is 3.64. The third-order valence-electron chi connectivity index (χ3n) is 17.7. The molecule has 0 atom stereocenters. The van der Waals surface area contributed by atoms with Crippen LogP contribution in [0.15, 0.2) is 182 Å². The number of rotatable bonds is 16. The normalized spacial score (nSPS) is 12.4. The predicted octanol–water partition coefficient (Wildman–Crippen LogP) is 21.2. The molecule has 1 aliphatic rings. The highest BCUT2D eigenvalue weighted by atomic mass is 16.5. The molecular formula is C85H88N2O2. The monoisotopic (exact) mass is 1170 g/mol. The average Bonchev–Trinajstić information content (AvgIpc) is 1.74. The van der Waals surface area contributed by atoms with Crippen molar-refractivity contribution in [1.29, 1.82) is 0 Å². The first-order chi connectivity index (χ1) is 42.5. The number of benzene rings is 10. The molecule has 0 fully saturated rings. The maximum Gasteiger partial charge on any atom is 0.217 e. The molecule has 89 heavy (non-hydrogen) atoms. The molecule has 0 aliphatic carbocycles. The van der Waals surface area contributed by atoms with Crippen molar-refractivity contribution in [2.24, 2.45) is 0 Å². The van der Waals surface area contributed by atoms with Crippen molar-refractivity contribution in [1.82, 2.24) is 0 Å². The molecule has 0 amide bonds. The zero-order valence-corrected chi connectivity index (χ0v) is 55.8. The molecule has 0 saturated heterocycles. The summed E-state index contributed by atoms with van der Waals surface area (Å²) in [5.74, 6) is 0.718. The van der Waals surface area contributed by atoms with Crippen LogP contribution in [0.3, 0.4) is 0 Å². The standard InChI is InChI=1S/C85H88N2O2/c1-50-21-51(2)30-66(29-50)80(67-31-52(3)22-53(4)32-67)76-45-74(88-17)46-77(81(68-33-54(5)23-55(6)34-68)69-35-56(7)24-57(8)36-69)84(76)86-19-20-87(49-86)85-78(82(70-37-58(9)25-59(10)38-70)71-39-60(11)26-61(12)40-71)47-75(89-18)48-79(85)83(72-41-62(13)27-63(14)42-72)73-43-64(15)28-65(16)44-73/h19-48,80-83H,1-18H3/i49+1. The van der Waals surface area contributed by atoms with E-state index in [4.69, 9.17) is 9.47 Å². The van der Waals surface area contributed by atoms with E-state index in [0.29, 0.717) is 0 Å². The Balaban J connectivity index is 1.27. The maximum absolute atomic E-state index is 6.60. The van der Waals surface area contributed by atoms with E-state index in [1.807, 2.05) is 14.2 Å². The van der Waals surface area contributed by atoms with Gasteiger partial charge >= 0.3 is 0 Å². The molecule has 0 saturated carbocycles. The Morgan fingerprint density at radius 3 is 0.506 bits per heavy atom. The van der Waals surface area contributed by atoms with Crippen LogP contribution in [-0.4, -0.2) is 14.2 Å². The quantitative estimate of drug-likeness (QED) is 0.0711. The minimum Gasteiger partial charge on any atom is -0.497 e. The van der Waals surface area contributed by atoms with E-state index in [2.05, 4.69) is 310 Å². The van der Waals surface area contributed by atoms with Gasteiger partial charge in [0.05, 0.1) is 25.6 Å². The van der Waals surface area contributed by atoms with Crippen LogP contribution >= 0.6 is 0 Å². The van der Waals surface area contributed by atoms with Gasteiger partial charge in [-0.3, -0.25) is 0 Å². The van der Waals surface area contributed by atoms with Gasteiger partial charge in [-0.25, -0.2) is 0 Å². The Bertz CT molecular complexity index is 3480. The number of nitrogens with zero attached hydrogens (tertiary/aromatic N) is 2. The van der Waals surface area contributed by atoms with Crippen LogP contribution in [0.1, 0.15) is 179 Å². The van der Waals surface area contributed by atoms with E-state index in [1.54, 1.807) is 0 Å². The molecule has 0 aromatic heterocycles. The van der Waals surface area contributed by atoms with Gasteiger partial charge in [0.2, 0.25) is 6.67 Å². The molecule has 10 aromatic rings. The fourth-order valence-electron chi connectivity index (χ4n) is 15.2. The van der Waals surface area contributed by atoms with Crippen LogP contribution in [0.5, 0.6) is 11.5 Å². The van der Waals surface area contributed by atoms with Gasteiger partial charge < -0.3 is 19.3 Å². The zero-order chi connectivity index (χ0) is 63.3. The fourth-order valence-corrected chi connectivity index (χ4v) is 15.2. The molecule has 1 heterocycles. The predicted molar refractivity (Wildman–Crippen MR) is 374 cm³/mol. The van der Waals surface area contributed by atoms with E-state index in [9.17, 15) is 0 Å². The highest BCUT2D eigenvalue weighted by Gasteiger charge is 2.37. The average molecular weight is 1170 g/mol. The molecule has 0 N–H and O–H groups in total. The second-order valence-corrected chi connectivity index (χ2v) is 26.5. The zero-order valence-electron chi connectivity index (χ0n) is 55.8. The van der Waals surface area contributed by atoms with Crippen molar-refractivity contribution in [2.45, 2.75) is 134 Å². The van der Waals surface area contributed by atoms with Crippen molar-refractivity contribution in [3.05, 3.63) is 345 Å². The lowest BCUT2D eigenvalue weighted by atomic mass is 9.77. The van der Waals surface area contributed by atoms with Gasteiger partial charge in [0.25, 0.3) is 0 Å². The van der Waals surface area contributed by atoms with E-state index >= 15 is 0 Å². The molecule has 0 spiro atoms. The third-order valence-corrected chi connectivity index (χ3v) is 17.7. The molecular weight excluding hydrogens is 1080 g/mol. The Morgan fingerprint density at radius 2 is 0.371 bits per heavy atom. The Morgan fingerprint density at radius 1 is 0.225 bits per heavy atom. The van der Waals surface area contributed by atoms with E-state index in [0.717, 1.165) is 45.1 Å². The SMILES string of the molecule is COc1cc(C(c2cc(C)cc(C)c2)c2cc(C)cc(C)c2)c(N2C=CN(c3c(C(c4cc(C)cc(C)c4)c4cc(C)cc(C)c4)cc(OC)cc3C(c3cc(C)cc(C)c3)c3cc(C)cc(C)c3)[13C]2)c(C(c2cc(C)cc(C)c2)c2cc(C)cc(C)c2)c1. The Kier molecular flexibility index (Phi) is 17.6. The second kappa shape index (κ2) is 25.3. The van der Waals surface area contributed by atoms with Crippen LogP contribution in [-0.2, 0) is 0 Å². The number of aryl methyl sites for hydroxylation is 16. The summed E-state index contributed by atoms with van der Waals surface area (Å²) in [5.41, 5.74) is 35.8. The van der Waals surface area contributed by atoms with Crippen molar-refractivity contribution in [3.8, 4) is 11.5 Å². The first-order valence-corrected chi connectivity index (χ1v) is 31.6. The summed E-state index contributed by atoms with van der Waals surface area (Å²) >= 11 is 0. The van der Waals surface area contributed by atoms with E-state index in [1.165, 1.54) is 134 Å². The number of ether oxygens (including phenoxy) is 2. The lowest BCUT2D eigenvalue weighted by Gasteiger charge is -2.35. The smallest absolute Gasteiger partial charge is 0.217 e. The molecule has 11 rings (SSSR count). The van der Waals surface area contributed by atoms with Crippen LogP contribution in [0, 0.1) is 117 Å². The second-order valence-electron chi connectivity index (χ2n) is 26.5. The number of methoxy groups -OCH3 is 2. The molecule has 450 valence electrons. The van der Waals surface area contributed by atoms with Gasteiger partial charge in [0.1, 0.15) is 11.5 Å². The first kappa shape index (κ1) is 61.8. The first-order valence-electron chi connectivity index (χ1n) is 31.6. The van der Waals surface area contributed by atoms with Gasteiger partial charge in [-0.15, -0.1) is 0 Å². The van der Waals surface area contributed by atoms with Crippen molar-refractivity contribution >= 4 is 11.4 Å². The highest BCUT2D eigenvalue weighted by molar-refractivity contribution is 5.79. The van der Waals surface area contributed by atoms with Crippen LogP contribution in [0.25, 0.3) is 0 Å². The summed E-state index contributed by atoms with van der Waals surface area (Å²) < 4.78 is 13.2. The molecule has 4 nitrogen and oxygen atoms in total. The molecule has 0 unspecified atom stereocenters. The molecule has 10 aromatic carbocycles. The van der Waals surface area contributed by atoms with E-state index in [-0.39, 0.29) is 23.7 Å². The minimum absolute atomic E-state index is 0.219. The summed E-state index contributed by atoms with van der Waals surface area (Å²) in [6.07, 6.45) is 4.52. The summed E-state index contributed by atoms with van der Waals surface area (Å²) in [6, 6.07) is 65.8. The summed E-state index contributed by atoms with van der Waals surface area (Å²) in [4.78, 5) is 4.65. The van der Waals surface area contributed by atoms with Gasteiger partial charge in [0, 0.05) is 36.1 Å². The van der Waals surface area contributed by atoms with Crippen molar-refractivity contribution in [2.75, 3.05) is 24.0 Å². The number of anilines is 2. The lowest BCUT2D eigenvalue weighted by molar-refractivity contribution is 0.413. The molecule has 0 bridgehead atoms. The maximum atomic E-state index is 6.60. The van der Waals surface area contributed by atoms with Gasteiger partial charge in [-0.05, 0) is 202 Å². The summed E-state index contributed by atoms with van der Waals surface area (Å²) in [6.45, 7) is 39.8. The Hall–Kier alpha value is -8.86.